The van der Waals surface area contributed by atoms with Crippen molar-refractivity contribution in [3.63, 3.8) is 0 Å². The Kier molecular flexibility index (Phi) is 6.46. The molecule has 0 heterocycles. The van der Waals surface area contributed by atoms with Gasteiger partial charge in [0, 0.05) is 18.0 Å². The summed E-state index contributed by atoms with van der Waals surface area (Å²) < 4.78 is 5.23. The topological polar surface area (TPSA) is 55.5 Å². The SMILES string of the molecule is CCS/C(=N/Sc1ccccc1[N+](=O)[O-])SC. The quantitative estimate of drug-likeness (QED) is 0.275. The molecule has 0 aromatic heterocycles. The Morgan fingerprint density at radius 1 is 1.47 bits per heavy atom. The summed E-state index contributed by atoms with van der Waals surface area (Å²) in [7, 11) is 0. The van der Waals surface area contributed by atoms with E-state index in [4.69, 9.17) is 0 Å². The minimum Gasteiger partial charge on any atom is -0.258 e. The number of benzene rings is 1. The van der Waals surface area contributed by atoms with Crippen molar-refractivity contribution in [1.82, 2.24) is 0 Å². The highest BCUT2D eigenvalue weighted by Gasteiger charge is 2.12. The van der Waals surface area contributed by atoms with Gasteiger partial charge in [-0.25, -0.2) is 0 Å². The molecule has 0 aliphatic heterocycles. The van der Waals surface area contributed by atoms with E-state index in [0.717, 1.165) is 22.1 Å². The third-order valence-corrected chi connectivity index (χ3v) is 4.69. The van der Waals surface area contributed by atoms with Gasteiger partial charge in [-0.05, 0) is 18.1 Å². The molecule has 4 nitrogen and oxygen atoms in total. The number of para-hydroxylation sites is 1. The van der Waals surface area contributed by atoms with Gasteiger partial charge in [-0.15, -0.1) is 11.8 Å². The lowest BCUT2D eigenvalue weighted by Gasteiger charge is -2.01. The zero-order chi connectivity index (χ0) is 12.7. The monoisotopic (exact) mass is 288 g/mol. The largest absolute Gasteiger partial charge is 0.284 e. The molecule has 0 saturated carbocycles. The van der Waals surface area contributed by atoms with E-state index in [2.05, 4.69) is 4.40 Å². The normalized spacial score (nSPS) is 11.5. The molecule has 1 aromatic rings. The molecule has 0 unspecified atom stereocenters. The molecule has 0 radical (unpaired) electrons. The van der Waals surface area contributed by atoms with Gasteiger partial charge in [0.15, 0.2) is 0 Å². The standard InChI is InChI=1S/C10H12N2O2S3/c1-3-16-10(15-2)11-17-9-7-5-4-6-8(9)12(13)14/h4-7H,3H2,1-2H3/b11-10+. The third kappa shape index (κ3) is 4.61. The molecule has 0 amide bonds. The number of nitrogens with zero attached hydrogens (tertiary/aromatic N) is 2. The van der Waals surface area contributed by atoms with Gasteiger partial charge >= 0.3 is 0 Å². The van der Waals surface area contributed by atoms with E-state index in [1.54, 1.807) is 41.7 Å². The zero-order valence-corrected chi connectivity index (χ0v) is 11.9. The molecule has 0 bridgehead atoms. The maximum atomic E-state index is 10.8. The molecule has 0 spiro atoms. The number of rotatable bonds is 4. The van der Waals surface area contributed by atoms with Crippen molar-refractivity contribution in [3.05, 3.63) is 34.4 Å². The Morgan fingerprint density at radius 2 is 2.18 bits per heavy atom. The van der Waals surface area contributed by atoms with Crippen LogP contribution in [0.5, 0.6) is 0 Å². The van der Waals surface area contributed by atoms with E-state index in [1.807, 2.05) is 13.2 Å². The van der Waals surface area contributed by atoms with E-state index >= 15 is 0 Å². The summed E-state index contributed by atoms with van der Waals surface area (Å²) in [5, 5.41) is 10.8. The second kappa shape index (κ2) is 7.62. The molecule has 92 valence electrons. The molecule has 7 heteroatoms. The lowest BCUT2D eigenvalue weighted by Crippen LogP contribution is -1.90. The van der Waals surface area contributed by atoms with Gasteiger partial charge in [-0.2, -0.15) is 4.40 Å². The fourth-order valence-electron chi connectivity index (χ4n) is 1.02. The van der Waals surface area contributed by atoms with E-state index < -0.39 is 0 Å². The predicted octanol–water partition coefficient (Wildman–Crippen LogP) is 4.07. The van der Waals surface area contributed by atoms with Gasteiger partial charge in [-0.3, -0.25) is 10.1 Å². The van der Waals surface area contributed by atoms with Crippen LogP contribution in [0, 0.1) is 10.1 Å². The number of thioether (sulfide) groups is 2. The smallest absolute Gasteiger partial charge is 0.258 e. The van der Waals surface area contributed by atoms with Crippen molar-refractivity contribution >= 4 is 45.5 Å². The van der Waals surface area contributed by atoms with Gasteiger partial charge < -0.3 is 0 Å². The first-order chi connectivity index (χ1) is 8.19. The molecule has 0 N–H and O–H groups in total. The van der Waals surface area contributed by atoms with Gasteiger partial charge in [0.25, 0.3) is 5.69 Å². The molecule has 1 rings (SSSR count). The lowest BCUT2D eigenvalue weighted by atomic mass is 10.3. The van der Waals surface area contributed by atoms with Crippen LogP contribution < -0.4 is 0 Å². The number of nitro benzene ring substituents is 1. The lowest BCUT2D eigenvalue weighted by molar-refractivity contribution is -0.387. The van der Waals surface area contributed by atoms with Crippen LogP contribution in [-0.2, 0) is 0 Å². The summed E-state index contributed by atoms with van der Waals surface area (Å²) in [5.74, 6) is 0.942. The minimum atomic E-state index is -0.385. The van der Waals surface area contributed by atoms with E-state index in [0.29, 0.717) is 4.90 Å². The highest BCUT2D eigenvalue weighted by Crippen LogP contribution is 2.31. The summed E-state index contributed by atoms with van der Waals surface area (Å²) in [5.41, 5.74) is 0.100. The Morgan fingerprint density at radius 3 is 2.76 bits per heavy atom. The first kappa shape index (κ1) is 14.4. The summed E-state index contributed by atoms with van der Waals surface area (Å²) in [6.07, 6.45) is 1.95. The molecule has 1 aromatic carbocycles. The maximum Gasteiger partial charge on any atom is 0.284 e. The second-order valence-electron chi connectivity index (χ2n) is 2.81. The van der Waals surface area contributed by atoms with Gasteiger partial charge in [-0.1, -0.05) is 30.8 Å². The van der Waals surface area contributed by atoms with Crippen molar-refractivity contribution in [1.29, 1.82) is 0 Å². The predicted molar refractivity (Wildman–Crippen MR) is 78.0 cm³/mol. The van der Waals surface area contributed by atoms with Gasteiger partial charge in [0.1, 0.15) is 9.27 Å². The Bertz CT molecular complexity index is 424. The number of nitro groups is 1. The molecule has 0 aliphatic rings. The van der Waals surface area contributed by atoms with Crippen LogP contribution in [0.1, 0.15) is 6.92 Å². The molecular weight excluding hydrogens is 276 g/mol. The molecular formula is C10H12N2O2S3. The first-order valence-corrected chi connectivity index (χ1v) is 7.82. The van der Waals surface area contributed by atoms with Crippen LogP contribution in [0.3, 0.4) is 0 Å². The van der Waals surface area contributed by atoms with E-state index in [-0.39, 0.29) is 10.6 Å². The van der Waals surface area contributed by atoms with E-state index in [1.165, 1.54) is 6.07 Å². The Hall–Kier alpha value is -0.660. The molecule has 0 fully saturated rings. The van der Waals surface area contributed by atoms with Crippen LogP contribution in [0.2, 0.25) is 0 Å². The fraction of sp³-hybridized carbons (Fsp3) is 0.300. The van der Waals surface area contributed by atoms with Crippen LogP contribution >= 0.6 is 35.5 Å². The molecule has 17 heavy (non-hydrogen) atoms. The second-order valence-corrected chi connectivity index (χ2v) is 5.92. The number of hydrogen-bond acceptors (Lipinski definition) is 6. The van der Waals surface area contributed by atoms with Crippen LogP contribution in [0.15, 0.2) is 33.6 Å². The van der Waals surface area contributed by atoms with Crippen molar-refractivity contribution in [2.75, 3.05) is 12.0 Å². The first-order valence-electron chi connectivity index (χ1n) is 4.84. The highest BCUT2D eigenvalue weighted by molar-refractivity contribution is 8.39. The van der Waals surface area contributed by atoms with Gasteiger partial charge in [0.2, 0.25) is 0 Å². The average molecular weight is 288 g/mol. The van der Waals surface area contributed by atoms with Crippen molar-refractivity contribution in [2.45, 2.75) is 11.8 Å². The summed E-state index contributed by atoms with van der Waals surface area (Å²) >= 11 is 4.34. The third-order valence-electron chi connectivity index (χ3n) is 1.72. The van der Waals surface area contributed by atoms with Crippen LogP contribution in [0.4, 0.5) is 5.69 Å². The summed E-state index contributed by atoms with van der Waals surface area (Å²) in [6.45, 7) is 2.05. The number of hydrogen-bond donors (Lipinski definition) is 0. The van der Waals surface area contributed by atoms with Crippen molar-refractivity contribution in [3.8, 4) is 0 Å². The van der Waals surface area contributed by atoms with Crippen molar-refractivity contribution < 1.29 is 4.92 Å². The highest BCUT2D eigenvalue weighted by atomic mass is 32.2. The van der Waals surface area contributed by atoms with Gasteiger partial charge in [0.05, 0.1) is 4.92 Å². The van der Waals surface area contributed by atoms with Crippen LogP contribution in [-0.4, -0.2) is 21.3 Å². The molecule has 0 atom stereocenters. The van der Waals surface area contributed by atoms with Crippen LogP contribution in [0.25, 0.3) is 0 Å². The Balaban J connectivity index is 2.84. The molecule has 0 aliphatic carbocycles. The maximum absolute atomic E-state index is 10.8. The fourth-order valence-corrected chi connectivity index (χ4v) is 3.37. The van der Waals surface area contributed by atoms with Crippen molar-refractivity contribution in [2.24, 2.45) is 4.40 Å². The van der Waals surface area contributed by atoms with E-state index in [9.17, 15) is 10.1 Å². The zero-order valence-electron chi connectivity index (χ0n) is 9.45. The Labute approximate surface area is 113 Å². The summed E-state index contributed by atoms with van der Waals surface area (Å²) in [6, 6.07) is 6.63. The average Bonchev–Trinajstić information content (AvgIpc) is 2.34. The summed E-state index contributed by atoms with van der Waals surface area (Å²) in [4.78, 5) is 11.0. The molecule has 0 saturated heterocycles. The minimum absolute atomic E-state index is 0.100.